The van der Waals surface area contributed by atoms with Crippen LogP contribution in [0, 0.1) is 0 Å². The molecule has 188 valence electrons. The van der Waals surface area contributed by atoms with Crippen LogP contribution in [-0.4, -0.2) is 73.4 Å². The first-order chi connectivity index (χ1) is 16.6. The minimum absolute atomic E-state index is 0.0394. The second-order valence-electron chi connectivity index (χ2n) is 8.60. The molecule has 1 unspecified atom stereocenters. The molecular weight excluding hydrogens is 519 g/mol. The van der Waals surface area contributed by atoms with Crippen molar-refractivity contribution in [2.75, 3.05) is 26.9 Å². The lowest BCUT2D eigenvalue weighted by molar-refractivity contribution is -0.149. The molecule has 2 atom stereocenters. The Kier molecular flexibility index (Phi) is 7.28. The molecule has 1 saturated carbocycles. The second kappa shape index (κ2) is 9.93. The number of carboxylic acids is 1. The minimum Gasteiger partial charge on any atom is -0.491 e. The Morgan fingerprint density at radius 3 is 2.51 bits per heavy atom. The van der Waals surface area contributed by atoms with Gasteiger partial charge < -0.3 is 19.5 Å². The van der Waals surface area contributed by atoms with Gasteiger partial charge in [0.2, 0.25) is 5.91 Å². The summed E-state index contributed by atoms with van der Waals surface area (Å²) in [7, 11) is -2.51. The molecule has 0 radical (unpaired) electrons. The Hall–Kier alpha value is -2.40. The van der Waals surface area contributed by atoms with Crippen molar-refractivity contribution in [3.8, 4) is 5.75 Å². The number of pyridine rings is 1. The third-order valence-corrected chi connectivity index (χ3v) is 9.29. The molecule has 2 heterocycles. The van der Waals surface area contributed by atoms with Gasteiger partial charge in [-0.05, 0) is 43.0 Å². The molecule has 4 rings (SSSR count). The first-order valence-corrected chi connectivity index (χ1v) is 13.2. The first-order valence-electron chi connectivity index (χ1n) is 10.9. The van der Waals surface area contributed by atoms with Crippen LogP contribution < -0.4 is 4.74 Å². The summed E-state index contributed by atoms with van der Waals surface area (Å²) < 4.78 is 37.2. The van der Waals surface area contributed by atoms with Crippen molar-refractivity contribution in [1.82, 2.24) is 9.88 Å². The van der Waals surface area contributed by atoms with Crippen LogP contribution in [0.3, 0.4) is 0 Å². The van der Waals surface area contributed by atoms with Crippen LogP contribution in [0.25, 0.3) is 0 Å². The number of nitrogens with zero attached hydrogens (tertiary/aromatic N) is 2. The summed E-state index contributed by atoms with van der Waals surface area (Å²) in [6.45, 7) is 0.376. The van der Waals surface area contributed by atoms with Gasteiger partial charge in [0.1, 0.15) is 23.6 Å². The highest BCUT2D eigenvalue weighted by Crippen LogP contribution is 2.50. The van der Waals surface area contributed by atoms with Crippen LogP contribution in [0.2, 0.25) is 10.2 Å². The number of methoxy groups -OCH3 is 1. The molecule has 0 spiro atoms. The van der Waals surface area contributed by atoms with Crippen molar-refractivity contribution in [2.45, 2.75) is 40.9 Å². The molecule has 9 nitrogen and oxygen atoms in total. The van der Waals surface area contributed by atoms with Crippen LogP contribution in [0.1, 0.15) is 24.8 Å². The van der Waals surface area contributed by atoms with Gasteiger partial charge in [-0.2, -0.15) is 0 Å². The van der Waals surface area contributed by atoms with Gasteiger partial charge in [-0.15, -0.1) is 0 Å². The molecule has 12 heteroatoms. The number of benzene rings is 1. The number of carbonyl (C=O) groups is 2. The molecule has 1 aromatic carbocycles. The summed E-state index contributed by atoms with van der Waals surface area (Å²) in [5, 5.41) is 8.92. The van der Waals surface area contributed by atoms with Crippen LogP contribution in [-0.2, 0) is 29.6 Å². The summed E-state index contributed by atoms with van der Waals surface area (Å²) in [5.41, 5.74) is -0.280. The fourth-order valence-electron chi connectivity index (χ4n) is 4.39. The number of carbonyl (C=O) groups excluding carboxylic acids is 1. The number of sulfone groups is 1. The van der Waals surface area contributed by atoms with E-state index in [9.17, 15) is 23.1 Å². The Bertz CT molecular complexity index is 1230. The lowest BCUT2D eigenvalue weighted by Crippen LogP contribution is -2.46. The highest BCUT2D eigenvalue weighted by molar-refractivity contribution is 7.92. The topological polar surface area (TPSA) is 123 Å². The van der Waals surface area contributed by atoms with E-state index in [-0.39, 0.29) is 34.6 Å². The molecule has 1 aliphatic heterocycles. The number of aromatic nitrogens is 1. The van der Waals surface area contributed by atoms with Crippen molar-refractivity contribution >= 4 is 44.9 Å². The van der Waals surface area contributed by atoms with E-state index in [2.05, 4.69) is 4.98 Å². The smallest absolute Gasteiger partial charge is 0.326 e. The fraction of sp³-hybridized carbons (Fsp3) is 0.435. The maximum absolute atomic E-state index is 13.5. The minimum atomic E-state index is -4.04. The monoisotopic (exact) mass is 542 g/mol. The summed E-state index contributed by atoms with van der Waals surface area (Å²) in [6.07, 6.45) is 2.31. The number of ether oxygens (including phenoxy) is 2. The van der Waals surface area contributed by atoms with E-state index in [1.165, 1.54) is 36.4 Å². The largest absolute Gasteiger partial charge is 0.491 e. The van der Waals surface area contributed by atoms with Crippen LogP contribution >= 0.6 is 23.2 Å². The predicted molar refractivity (Wildman–Crippen MR) is 128 cm³/mol. The van der Waals surface area contributed by atoms with Crippen LogP contribution in [0.4, 0.5) is 0 Å². The van der Waals surface area contributed by atoms with Crippen molar-refractivity contribution in [3.05, 3.63) is 52.3 Å². The number of rotatable bonds is 9. The zero-order valence-electron chi connectivity index (χ0n) is 18.8. The Labute approximate surface area is 212 Å². The van der Waals surface area contributed by atoms with Gasteiger partial charge in [-0.25, -0.2) is 18.2 Å². The van der Waals surface area contributed by atoms with E-state index in [1.807, 2.05) is 0 Å². The summed E-state index contributed by atoms with van der Waals surface area (Å²) in [4.78, 5) is 30.6. The van der Waals surface area contributed by atoms with Crippen molar-refractivity contribution in [1.29, 1.82) is 0 Å². The number of hydrogen-bond donors (Lipinski definition) is 1. The predicted octanol–water partition coefficient (Wildman–Crippen LogP) is 2.97. The molecule has 2 fully saturated rings. The zero-order chi connectivity index (χ0) is 25.4. The van der Waals surface area contributed by atoms with Gasteiger partial charge in [-0.3, -0.25) is 4.79 Å². The normalized spacial score (nSPS) is 21.1. The highest BCUT2D eigenvalue weighted by atomic mass is 35.5. The molecule has 2 aromatic rings. The molecule has 1 N–H and O–H groups in total. The van der Waals surface area contributed by atoms with E-state index >= 15 is 0 Å². The van der Waals surface area contributed by atoms with E-state index < -0.39 is 38.4 Å². The Balaban J connectivity index is 1.58. The van der Waals surface area contributed by atoms with E-state index in [0.717, 1.165) is 0 Å². The van der Waals surface area contributed by atoms with Gasteiger partial charge >= 0.3 is 5.97 Å². The Morgan fingerprint density at radius 2 is 1.94 bits per heavy atom. The van der Waals surface area contributed by atoms with Crippen LogP contribution in [0.15, 0.2) is 41.4 Å². The van der Waals surface area contributed by atoms with E-state index in [4.69, 9.17) is 32.7 Å². The number of amides is 1. The zero-order valence-corrected chi connectivity index (χ0v) is 21.1. The lowest BCUT2D eigenvalue weighted by Gasteiger charge is -2.27. The van der Waals surface area contributed by atoms with Gasteiger partial charge in [0.05, 0.1) is 27.2 Å². The van der Waals surface area contributed by atoms with Gasteiger partial charge in [0.15, 0.2) is 9.84 Å². The average molecular weight is 543 g/mol. The van der Waals surface area contributed by atoms with E-state index in [0.29, 0.717) is 30.8 Å². The standard InChI is InChI=1S/C23H24Cl2N2O7S/c1-33-8-9-34-15-3-4-19(17(24)10-15)35(31,32)16-11-18(21(28)29)27(13-16)22(30)23(6-7-23)14-2-5-20(25)26-12-14/h2-5,10,12,16,18H,6-9,11,13H2,1H3,(H,28,29)/t16?,18-/m1/s1. The van der Waals surface area contributed by atoms with Gasteiger partial charge in [0.25, 0.3) is 0 Å². The van der Waals surface area contributed by atoms with Crippen LogP contribution in [0.5, 0.6) is 5.75 Å². The fourth-order valence-corrected chi connectivity index (χ4v) is 6.74. The third kappa shape index (κ3) is 4.97. The average Bonchev–Trinajstić information content (AvgIpc) is 3.49. The molecule has 0 bridgehead atoms. The van der Waals surface area contributed by atoms with E-state index in [1.54, 1.807) is 12.1 Å². The molecule has 1 saturated heterocycles. The maximum Gasteiger partial charge on any atom is 0.326 e. The molecule has 35 heavy (non-hydrogen) atoms. The lowest BCUT2D eigenvalue weighted by atomic mass is 9.95. The summed E-state index contributed by atoms with van der Waals surface area (Å²) in [6, 6.07) is 6.20. The molecule has 1 aliphatic carbocycles. The summed E-state index contributed by atoms with van der Waals surface area (Å²) in [5.74, 6) is -1.29. The number of halogens is 2. The number of likely N-dealkylation sites (tertiary alicyclic amines) is 1. The molecular formula is C23H24Cl2N2O7S. The van der Waals surface area contributed by atoms with Crippen molar-refractivity contribution in [3.63, 3.8) is 0 Å². The SMILES string of the molecule is COCCOc1ccc(S(=O)(=O)C2C[C@H](C(=O)O)N(C(=O)C3(c4ccc(Cl)nc4)CC3)C2)c(Cl)c1. The number of hydrogen-bond acceptors (Lipinski definition) is 7. The van der Waals surface area contributed by atoms with Gasteiger partial charge in [0, 0.05) is 25.9 Å². The summed E-state index contributed by atoms with van der Waals surface area (Å²) >= 11 is 12.1. The second-order valence-corrected chi connectivity index (χ2v) is 11.6. The third-order valence-electron chi connectivity index (χ3n) is 6.45. The highest BCUT2D eigenvalue weighted by Gasteiger charge is 2.57. The van der Waals surface area contributed by atoms with Crippen molar-refractivity contribution in [2.24, 2.45) is 0 Å². The number of carboxylic acid groups (broad SMARTS) is 1. The maximum atomic E-state index is 13.5. The molecule has 1 aromatic heterocycles. The molecule has 2 aliphatic rings. The quantitative estimate of drug-likeness (QED) is 0.379. The number of aliphatic carboxylic acids is 1. The van der Waals surface area contributed by atoms with Crippen molar-refractivity contribution < 1.29 is 32.6 Å². The first kappa shape index (κ1) is 25.7. The Morgan fingerprint density at radius 1 is 1.20 bits per heavy atom. The van der Waals surface area contributed by atoms with Gasteiger partial charge in [-0.1, -0.05) is 29.3 Å². The molecule has 1 amide bonds.